The van der Waals surface area contributed by atoms with Crippen LogP contribution in [0.3, 0.4) is 0 Å². The first-order valence-electron chi connectivity index (χ1n) is 22.1. The molecule has 0 bridgehead atoms. The average Bonchev–Trinajstić information content (AvgIpc) is 3.39. The average molecular weight is 941 g/mol. The van der Waals surface area contributed by atoms with Gasteiger partial charge in [-0.15, -0.1) is 0 Å². The van der Waals surface area contributed by atoms with Gasteiger partial charge in [-0.1, -0.05) is 37.4 Å². The number of carbonyl (C=O) groups excluding carboxylic acids is 2. The minimum Gasteiger partial charge on any atom is -0.399 e. The normalized spacial score (nSPS) is 13.2. The molecule has 0 aliphatic carbocycles. The smallest absolute Gasteiger partial charge is 0.247 e. The Morgan fingerprint density at radius 3 is 1.51 bits per heavy atom. The van der Waals surface area contributed by atoms with Crippen molar-refractivity contribution < 1.29 is 19.1 Å². The minimum atomic E-state index is -0.509. The van der Waals surface area contributed by atoms with Crippen LogP contribution in [0.5, 0.6) is 0 Å². The molecule has 2 saturated heterocycles. The molecule has 8 aromatic rings. The molecule has 1 amide bonds. The second-order valence-corrected chi connectivity index (χ2v) is 15.9. The molecule has 17 heteroatoms. The number of pyridine rings is 2. The number of morpholine rings is 2. The summed E-state index contributed by atoms with van der Waals surface area (Å²) in [5.41, 5.74) is 16.3. The highest BCUT2D eigenvalue weighted by Gasteiger charge is 2.15. The number of nitrogens with one attached hydrogen (secondary N) is 3. The van der Waals surface area contributed by atoms with E-state index in [2.05, 4.69) is 83.1 Å². The van der Waals surface area contributed by atoms with Crippen molar-refractivity contribution in [1.82, 2.24) is 29.9 Å². The Morgan fingerprint density at radius 1 is 0.594 bits per heavy atom. The Kier molecular flexibility index (Phi) is 15.7. The molecule has 16 nitrogen and oxygen atoms in total. The zero-order chi connectivity index (χ0) is 48.0. The highest BCUT2D eigenvalue weighted by Crippen LogP contribution is 2.30. The number of nitrogens with two attached hydrogens (primary N) is 1. The van der Waals surface area contributed by atoms with Crippen LogP contribution in [0.1, 0.15) is 0 Å². The second-order valence-electron chi connectivity index (χ2n) is 15.5. The van der Waals surface area contributed by atoms with Crippen LogP contribution in [-0.2, 0) is 19.1 Å². The van der Waals surface area contributed by atoms with Gasteiger partial charge in [0.05, 0.1) is 37.8 Å². The fourth-order valence-electron chi connectivity index (χ4n) is 7.49. The number of anilines is 8. The molecule has 10 rings (SSSR count). The van der Waals surface area contributed by atoms with Crippen molar-refractivity contribution in [2.24, 2.45) is 0 Å². The van der Waals surface area contributed by atoms with Gasteiger partial charge in [-0.25, -0.2) is 19.9 Å². The molecule has 0 spiro atoms. The molecule has 4 aromatic heterocycles. The number of carbonyl (C=O) groups is 2. The Bertz CT molecular complexity index is 3070. The quantitative estimate of drug-likeness (QED) is 0.0543. The van der Waals surface area contributed by atoms with Gasteiger partial charge in [0, 0.05) is 107 Å². The third-order valence-electron chi connectivity index (χ3n) is 10.9. The molecule has 2 aliphatic heterocycles. The number of halogens is 1. The Hall–Kier alpha value is -8.31. The summed E-state index contributed by atoms with van der Waals surface area (Å²) in [7, 11) is 0. The summed E-state index contributed by atoms with van der Waals surface area (Å²) in [5, 5.41) is 10.7. The van der Waals surface area contributed by atoms with Crippen LogP contribution < -0.4 is 31.5 Å². The van der Waals surface area contributed by atoms with E-state index in [-0.39, 0.29) is 5.91 Å². The number of fused-ring (bicyclic) bond motifs is 2. The number of nitrogens with zero attached hydrogens (tertiary/aromatic N) is 8. The molecule has 0 unspecified atom stereocenters. The summed E-state index contributed by atoms with van der Waals surface area (Å²) in [6.07, 6.45) is 9.36. The van der Waals surface area contributed by atoms with Crippen LogP contribution in [0.4, 0.5) is 46.0 Å². The largest absolute Gasteiger partial charge is 0.399 e. The summed E-state index contributed by atoms with van der Waals surface area (Å²) in [6, 6.07) is 35.5. The molecule has 6 heterocycles. The predicted molar refractivity (Wildman–Crippen MR) is 275 cm³/mol. The number of hydrogen-bond acceptors (Lipinski definition) is 15. The third kappa shape index (κ3) is 12.6. The fraction of sp³-hybridized carbons (Fsp3) is 0.154. The van der Waals surface area contributed by atoms with E-state index in [9.17, 15) is 9.59 Å². The number of rotatable bonds is 11. The molecule has 0 radical (unpaired) electrons. The second kappa shape index (κ2) is 22.9. The number of amides is 1. The summed E-state index contributed by atoms with van der Waals surface area (Å²) in [6.45, 7) is 13.3. The molecular formula is C52H49ClN12O4. The maximum absolute atomic E-state index is 11.7. The molecule has 2 fully saturated rings. The van der Waals surface area contributed by atoms with Crippen molar-refractivity contribution in [2.45, 2.75) is 0 Å². The lowest BCUT2D eigenvalue weighted by atomic mass is 10.1. The molecule has 69 heavy (non-hydrogen) atoms. The summed E-state index contributed by atoms with van der Waals surface area (Å²) < 4.78 is 10.9. The van der Waals surface area contributed by atoms with Gasteiger partial charge in [0.15, 0.2) is 0 Å². The number of nitrogen functional groups attached to an aromatic ring is 1. The monoisotopic (exact) mass is 940 g/mol. The first kappa shape index (κ1) is 47.2. The van der Waals surface area contributed by atoms with Gasteiger partial charge in [0.1, 0.15) is 11.0 Å². The lowest BCUT2D eigenvalue weighted by Gasteiger charge is -2.28. The highest BCUT2D eigenvalue weighted by molar-refractivity contribution is 6.66. The van der Waals surface area contributed by atoms with Crippen LogP contribution in [0, 0.1) is 0 Å². The molecule has 0 saturated carbocycles. The van der Waals surface area contributed by atoms with E-state index in [1.165, 1.54) is 17.5 Å². The molecule has 5 N–H and O–H groups in total. The zero-order valence-corrected chi connectivity index (χ0v) is 38.3. The zero-order valence-electron chi connectivity index (χ0n) is 37.6. The Morgan fingerprint density at radius 2 is 1.06 bits per heavy atom. The number of aromatic nitrogens is 6. The van der Waals surface area contributed by atoms with E-state index in [1.54, 1.807) is 18.6 Å². The van der Waals surface area contributed by atoms with E-state index in [1.807, 2.05) is 91.1 Å². The van der Waals surface area contributed by atoms with Crippen LogP contribution in [0.15, 0.2) is 159 Å². The van der Waals surface area contributed by atoms with Gasteiger partial charge in [-0.05, 0) is 109 Å². The Balaban J connectivity index is 0.000000171. The van der Waals surface area contributed by atoms with Crippen LogP contribution >= 0.6 is 11.6 Å². The Labute approximate surface area is 403 Å². The summed E-state index contributed by atoms with van der Waals surface area (Å²) in [4.78, 5) is 53.3. The van der Waals surface area contributed by atoms with Crippen LogP contribution in [0.2, 0.25) is 0 Å². The number of allylic oxidation sites excluding steroid dienone is 1. The molecule has 2 aliphatic rings. The van der Waals surface area contributed by atoms with Crippen LogP contribution in [0.25, 0.3) is 44.3 Å². The lowest BCUT2D eigenvalue weighted by molar-refractivity contribution is -0.112. The topological polar surface area (TPSA) is 199 Å². The van der Waals surface area contributed by atoms with Gasteiger partial charge in [-0.2, -0.15) is 0 Å². The molecule has 348 valence electrons. The van der Waals surface area contributed by atoms with Crippen molar-refractivity contribution >= 4 is 90.6 Å². The molecule has 0 atom stereocenters. The van der Waals surface area contributed by atoms with Gasteiger partial charge in [0.2, 0.25) is 23.0 Å². The summed E-state index contributed by atoms with van der Waals surface area (Å²) in [5.74, 6) is 0.744. The van der Waals surface area contributed by atoms with E-state index < -0.39 is 5.24 Å². The minimum absolute atomic E-state index is 0.267. The van der Waals surface area contributed by atoms with Crippen LogP contribution in [-0.4, -0.2) is 93.7 Å². The summed E-state index contributed by atoms with van der Waals surface area (Å²) >= 11 is 4.71. The van der Waals surface area contributed by atoms with Gasteiger partial charge >= 0.3 is 0 Å². The lowest BCUT2D eigenvalue weighted by Crippen LogP contribution is -2.36. The maximum Gasteiger partial charge on any atom is 0.247 e. The third-order valence-corrected chi connectivity index (χ3v) is 11.1. The van der Waals surface area contributed by atoms with E-state index >= 15 is 0 Å². The SMILES string of the molecule is C=CC(=O)Cl.C=CC(=O)Nc1cccc(-c2nccc3cnc(Nc4ccc(N5CCOCC5)cc4)nc23)c1.Nc1cccc(-c2nccc3cnc(Nc4ccc(N5CCOCC5)cc4)nc23)c1. The van der Waals surface area contributed by atoms with Gasteiger partial charge in [-0.3, -0.25) is 19.6 Å². The van der Waals surface area contributed by atoms with Gasteiger partial charge < -0.3 is 41.0 Å². The van der Waals surface area contributed by atoms with Crippen molar-refractivity contribution in [1.29, 1.82) is 0 Å². The van der Waals surface area contributed by atoms with E-state index in [0.717, 1.165) is 109 Å². The van der Waals surface area contributed by atoms with Crippen molar-refractivity contribution in [3.05, 3.63) is 159 Å². The highest BCUT2D eigenvalue weighted by atomic mass is 35.5. The standard InChI is InChI=1S/C26H24N6O2.C23H22N6O.C3H3ClO/c1-2-23(33)29-21-5-3-4-18(16-21)24-25-19(10-11-27-24)17-28-26(31-25)30-20-6-8-22(9-7-20)32-12-14-34-15-13-32;24-18-3-1-2-16(14-18)21-22-17(8-9-25-21)15-26-23(28-22)27-19-4-6-20(7-5-19)29-10-12-30-13-11-29;1-2-3(4)5/h2-11,16-17H,1,12-15H2,(H,29,33)(H,28,30,31);1-9,14-15H,10-13,24H2,(H,26,27,28);2H,1H2. The van der Waals surface area contributed by atoms with Crippen molar-refractivity contribution in [2.75, 3.05) is 84.1 Å². The first-order chi connectivity index (χ1) is 33.7. The number of benzene rings is 4. The molecule has 4 aromatic carbocycles. The van der Waals surface area contributed by atoms with Crippen molar-refractivity contribution in [3.8, 4) is 22.5 Å². The van der Waals surface area contributed by atoms with Crippen molar-refractivity contribution in [3.63, 3.8) is 0 Å². The van der Waals surface area contributed by atoms with E-state index in [0.29, 0.717) is 29.0 Å². The predicted octanol–water partition coefficient (Wildman–Crippen LogP) is 9.19. The number of ether oxygens (including phenoxy) is 2. The fourth-order valence-corrected chi connectivity index (χ4v) is 7.49. The van der Waals surface area contributed by atoms with E-state index in [4.69, 9.17) is 36.8 Å². The number of hydrogen-bond donors (Lipinski definition) is 4. The first-order valence-corrected chi connectivity index (χ1v) is 22.5. The maximum atomic E-state index is 11.7. The van der Waals surface area contributed by atoms with Gasteiger partial charge in [0.25, 0.3) is 0 Å². The molecular weight excluding hydrogens is 892 g/mol.